The van der Waals surface area contributed by atoms with Crippen molar-refractivity contribution in [1.82, 2.24) is 5.32 Å². The molecule has 0 spiro atoms. The number of carbonyl (C=O) groups is 2. The van der Waals surface area contributed by atoms with Gasteiger partial charge in [-0.3, -0.25) is 9.59 Å². The highest BCUT2D eigenvalue weighted by Crippen LogP contribution is 2.19. The van der Waals surface area contributed by atoms with Gasteiger partial charge in [-0.25, -0.2) is 4.39 Å². The Bertz CT molecular complexity index is 524. The molecular formula is C15H21FN2O3. The van der Waals surface area contributed by atoms with E-state index < -0.39 is 16.9 Å². The molecule has 0 atom stereocenters. The molecule has 0 bridgehead atoms. The van der Waals surface area contributed by atoms with E-state index in [1.54, 1.807) is 27.7 Å². The Labute approximate surface area is 123 Å². The van der Waals surface area contributed by atoms with E-state index in [0.29, 0.717) is 5.75 Å². The van der Waals surface area contributed by atoms with Crippen LogP contribution in [0.5, 0.6) is 5.75 Å². The lowest BCUT2D eigenvalue weighted by Gasteiger charge is -2.28. The first-order chi connectivity index (χ1) is 9.54. The summed E-state index contributed by atoms with van der Waals surface area (Å²) in [7, 11) is 0. The first-order valence-electron chi connectivity index (χ1n) is 6.57. The standard InChI is InChI=1S/C15H21FN2O3/c1-14(2,12(17)19)9-18-13(20)15(3,4)21-11-7-5-10(16)6-8-11/h5-8H,9H2,1-4H3,(H2,17,19)(H,18,20). The largest absolute Gasteiger partial charge is 0.478 e. The maximum atomic E-state index is 12.8. The minimum Gasteiger partial charge on any atom is -0.478 e. The van der Waals surface area contributed by atoms with Crippen LogP contribution in [0.15, 0.2) is 24.3 Å². The highest BCUT2D eigenvalue weighted by Gasteiger charge is 2.33. The van der Waals surface area contributed by atoms with Gasteiger partial charge in [-0.2, -0.15) is 0 Å². The molecule has 0 aliphatic rings. The molecule has 1 aromatic rings. The van der Waals surface area contributed by atoms with E-state index in [-0.39, 0.29) is 18.3 Å². The van der Waals surface area contributed by atoms with Crippen LogP contribution in [0.3, 0.4) is 0 Å². The van der Waals surface area contributed by atoms with Crippen molar-refractivity contribution in [2.45, 2.75) is 33.3 Å². The number of ether oxygens (including phenoxy) is 1. The molecule has 0 saturated heterocycles. The van der Waals surface area contributed by atoms with E-state index in [0.717, 1.165) is 0 Å². The van der Waals surface area contributed by atoms with Crippen LogP contribution in [0.4, 0.5) is 4.39 Å². The van der Waals surface area contributed by atoms with Gasteiger partial charge in [0.25, 0.3) is 5.91 Å². The Morgan fingerprint density at radius 3 is 2.19 bits per heavy atom. The smallest absolute Gasteiger partial charge is 0.263 e. The Balaban J connectivity index is 2.67. The van der Waals surface area contributed by atoms with Gasteiger partial charge in [0.1, 0.15) is 11.6 Å². The first-order valence-corrected chi connectivity index (χ1v) is 6.57. The average molecular weight is 296 g/mol. The zero-order valence-electron chi connectivity index (χ0n) is 12.7. The fourth-order valence-electron chi connectivity index (χ4n) is 1.44. The number of nitrogens with two attached hydrogens (primary N) is 1. The molecule has 0 heterocycles. The molecule has 0 aromatic heterocycles. The van der Waals surface area contributed by atoms with Crippen LogP contribution in [0, 0.1) is 11.2 Å². The molecule has 5 nitrogen and oxygen atoms in total. The monoisotopic (exact) mass is 296 g/mol. The number of primary amides is 1. The summed E-state index contributed by atoms with van der Waals surface area (Å²) in [6.07, 6.45) is 0. The summed E-state index contributed by atoms with van der Waals surface area (Å²) in [5.74, 6) is -0.889. The van der Waals surface area contributed by atoms with Gasteiger partial charge in [0.2, 0.25) is 5.91 Å². The number of amides is 2. The molecule has 21 heavy (non-hydrogen) atoms. The summed E-state index contributed by atoms with van der Waals surface area (Å²) >= 11 is 0. The summed E-state index contributed by atoms with van der Waals surface area (Å²) in [4.78, 5) is 23.4. The average Bonchev–Trinajstić information content (AvgIpc) is 2.38. The predicted octanol–water partition coefficient (Wildman–Crippen LogP) is 1.61. The minimum atomic E-state index is -1.16. The molecular weight excluding hydrogens is 275 g/mol. The van der Waals surface area contributed by atoms with E-state index in [1.807, 2.05) is 0 Å². The molecule has 0 fully saturated rings. The molecule has 0 unspecified atom stereocenters. The lowest BCUT2D eigenvalue weighted by atomic mass is 9.92. The molecule has 0 aliphatic carbocycles. The second-order valence-corrected chi connectivity index (χ2v) is 6.00. The van der Waals surface area contributed by atoms with E-state index in [2.05, 4.69) is 5.32 Å². The molecule has 0 saturated carbocycles. The van der Waals surface area contributed by atoms with Gasteiger partial charge in [-0.05, 0) is 52.0 Å². The molecule has 2 amide bonds. The summed E-state index contributed by atoms with van der Waals surface area (Å²) in [6.45, 7) is 6.57. The fraction of sp³-hybridized carbons (Fsp3) is 0.467. The van der Waals surface area contributed by atoms with Crippen LogP contribution in [-0.4, -0.2) is 24.0 Å². The molecule has 0 radical (unpaired) electrons. The van der Waals surface area contributed by atoms with E-state index >= 15 is 0 Å². The normalized spacial score (nSPS) is 11.9. The summed E-state index contributed by atoms with van der Waals surface area (Å²) in [5.41, 5.74) is 3.24. The third kappa shape index (κ3) is 4.73. The summed E-state index contributed by atoms with van der Waals surface area (Å²) < 4.78 is 18.4. The number of hydrogen-bond acceptors (Lipinski definition) is 3. The second-order valence-electron chi connectivity index (χ2n) is 6.00. The van der Waals surface area contributed by atoms with Gasteiger partial charge in [-0.15, -0.1) is 0 Å². The SMILES string of the molecule is CC(C)(CNC(=O)C(C)(C)Oc1ccc(F)cc1)C(N)=O. The van der Waals surface area contributed by atoms with Crippen molar-refractivity contribution in [2.75, 3.05) is 6.54 Å². The van der Waals surface area contributed by atoms with Crippen LogP contribution in [0.2, 0.25) is 0 Å². The van der Waals surface area contributed by atoms with E-state index in [9.17, 15) is 14.0 Å². The van der Waals surface area contributed by atoms with E-state index in [4.69, 9.17) is 10.5 Å². The number of carbonyl (C=O) groups excluding carboxylic acids is 2. The zero-order valence-corrected chi connectivity index (χ0v) is 12.7. The lowest BCUT2D eigenvalue weighted by molar-refractivity contribution is -0.135. The number of rotatable bonds is 6. The number of benzene rings is 1. The number of nitrogens with one attached hydrogen (secondary N) is 1. The van der Waals surface area contributed by atoms with Crippen molar-refractivity contribution in [3.63, 3.8) is 0 Å². The first kappa shape index (κ1) is 16.9. The van der Waals surface area contributed by atoms with E-state index in [1.165, 1.54) is 24.3 Å². The Morgan fingerprint density at radius 2 is 1.71 bits per heavy atom. The number of halogens is 1. The van der Waals surface area contributed by atoms with Gasteiger partial charge >= 0.3 is 0 Å². The van der Waals surface area contributed by atoms with Gasteiger partial charge in [0, 0.05) is 6.54 Å². The Kier molecular flexibility index (Phi) is 4.93. The van der Waals surface area contributed by atoms with Gasteiger partial charge in [0.05, 0.1) is 5.41 Å². The summed E-state index contributed by atoms with van der Waals surface area (Å²) in [6, 6.07) is 5.38. The second kappa shape index (κ2) is 6.11. The maximum Gasteiger partial charge on any atom is 0.263 e. The molecule has 3 N–H and O–H groups in total. The lowest BCUT2D eigenvalue weighted by Crippen LogP contribution is -2.51. The molecule has 0 aliphatic heterocycles. The van der Waals surface area contributed by atoms with Gasteiger partial charge in [-0.1, -0.05) is 0 Å². The molecule has 6 heteroatoms. The third-order valence-electron chi connectivity index (χ3n) is 3.09. The van der Waals surface area contributed by atoms with Crippen molar-refractivity contribution >= 4 is 11.8 Å². The van der Waals surface area contributed by atoms with Crippen molar-refractivity contribution in [3.05, 3.63) is 30.1 Å². The summed E-state index contributed by atoms with van der Waals surface area (Å²) in [5, 5.41) is 2.64. The molecule has 1 aromatic carbocycles. The minimum absolute atomic E-state index is 0.109. The predicted molar refractivity (Wildman–Crippen MR) is 77.1 cm³/mol. The molecule has 116 valence electrons. The van der Waals surface area contributed by atoms with Crippen molar-refractivity contribution < 1.29 is 18.7 Å². The quantitative estimate of drug-likeness (QED) is 0.836. The topological polar surface area (TPSA) is 81.4 Å². The Hall–Kier alpha value is -2.11. The highest BCUT2D eigenvalue weighted by atomic mass is 19.1. The molecule has 1 rings (SSSR count). The van der Waals surface area contributed by atoms with Crippen LogP contribution in [0.1, 0.15) is 27.7 Å². The van der Waals surface area contributed by atoms with Crippen LogP contribution < -0.4 is 15.8 Å². The van der Waals surface area contributed by atoms with Gasteiger partial charge in [0.15, 0.2) is 5.60 Å². The van der Waals surface area contributed by atoms with Crippen LogP contribution in [-0.2, 0) is 9.59 Å². The fourth-order valence-corrected chi connectivity index (χ4v) is 1.44. The van der Waals surface area contributed by atoms with Crippen LogP contribution >= 0.6 is 0 Å². The third-order valence-corrected chi connectivity index (χ3v) is 3.09. The van der Waals surface area contributed by atoms with Crippen molar-refractivity contribution in [2.24, 2.45) is 11.1 Å². The van der Waals surface area contributed by atoms with Crippen molar-refractivity contribution in [1.29, 1.82) is 0 Å². The zero-order chi connectivity index (χ0) is 16.3. The Morgan fingerprint density at radius 1 is 1.19 bits per heavy atom. The highest BCUT2D eigenvalue weighted by molar-refractivity contribution is 5.86. The van der Waals surface area contributed by atoms with Gasteiger partial charge < -0.3 is 15.8 Å². The number of hydrogen-bond donors (Lipinski definition) is 2. The van der Waals surface area contributed by atoms with Crippen molar-refractivity contribution in [3.8, 4) is 5.75 Å². The maximum absolute atomic E-state index is 12.8. The van der Waals surface area contributed by atoms with Crippen LogP contribution in [0.25, 0.3) is 0 Å².